The molecule has 0 aliphatic heterocycles. The summed E-state index contributed by atoms with van der Waals surface area (Å²) in [6, 6.07) is 7.92. The highest BCUT2D eigenvalue weighted by atomic mass is 32.2. The molecule has 1 aliphatic carbocycles. The van der Waals surface area contributed by atoms with E-state index in [1.165, 1.54) is 28.9 Å². The highest BCUT2D eigenvalue weighted by Gasteiger charge is 2.18. The van der Waals surface area contributed by atoms with Gasteiger partial charge in [0.2, 0.25) is 10.0 Å². The van der Waals surface area contributed by atoms with Crippen LogP contribution in [0.3, 0.4) is 0 Å². The number of aryl methyl sites for hydroxylation is 4. The second-order valence-electron chi connectivity index (χ2n) is 6.40. The molecule has 0 amide bonds. The van der Waals surface area contributed by atoms with Gasteiger partial charge in [-0.1, -0.05) is 6.07 Å². The lowest BCUT2D eigenvalue weighted by molar-refractivity contribution is 0.582. The third-order valence-electron chi connectivity index (χ3n) is 4.34. The number of hydrogen-bond acceptors (Lipinski definition) is 4. The largest absolute Gasteiger partial charge is 0.370 e. The number of rotatable bonds is 6. The molecule has 3 rings (SSSR count). The van der Waals surface area contributed by atoms with Gasteiger partial charge in [0.15, 0.2) is 5.96 Å². The summed E-state index contributed by atoms with van der Waals surface area (Å²) in [6.07, 6.45) is 3.44. The lowest BCUT2D eigenvalue weighted by atomic mass is 10.1. The first-order valence-electron chi connectivity index (χ1n) is 8.60. The normalized spacial score (nSPS) is 14.5. The number of fused-ring (bicyclic) bond motifs is 1. The van der Waals surface area contributed by atoms with E-state index in [0.29, 0.717) is 4.90 Å². The van der Waals surface area contributed by atoms with E-state index >= 15 is 0 Å². The van der Waals surface area contributed by atoms with E-state index in [4.69, 9.17) is 5.73 Å². The Morgan fingerprint density at radius 3 is 2.73 bits per heavy atom. The van der Waals surface area contributed by atoms with Crippen LogP contribution in [0.25, 0.3) is 0 Å². The fourth-order valence-electron chi connectivity index (χ4n) is 3.15. The van der Waals surface area contributed by atoms with Crippen LogP contribution in [0.2, 0.25) is 0 Å². The van der Waals surface area contributed by atoms with Crippen molar-refractivity contribution in [3.8, 4) is 0 Å². The van der Waals surface area contributed by atoms with Crippen LogP contribution in [0.1, 0.15) is 27.3 Å². The molecular weight excluding hydrogens is 368 g/mol. The second kappa shape index (κ2) is 7.77. The molecule has 26 heavy (non-hydrogen) atoms. The SMILES string of the molecule is Cc1cc(S(=O)(=O)NCCN=C(N)Nc2ccc3c(c2)CCC3)c(C)s1. The highest BCUT2D eigenvalue weighted by molar-refractivity contribution is 7.89. The molecule has 0 fully saturated rings. The van der Waals surface area contributed by atoms with Crippen molar-refractivity contribution in [2.75, 3.05) is 18.4 Å². The molecule has 1 aromatic carbocycles. The first-order valence-corrected chi connectivity index (χ1v) is 10.9. The topological polar surface area (TPSA) is 96.6 Å². The summed E-state index contributed by atoms with van der Waals surface area (Å²) in [6.45, 7) is 4.17. The maximum Gasteiger partial charge on any atom is 0.241 e. The Kier molecular flexibility index (Phi) is 5.64. The highest BCUT2D eigenvalue weighted by Crippen LogP contribution is 2.25. The Bertz CT molecular complexity index is 933. The molecule has 0 bridgehead atoms. The lowest BCUT2D eigenvalue weighted by Gasteiger charge is -2.08. The van der Waals surface area contributed by atoms with E-state index < -0.39 is 10.0 Å². The summed E-state index contributed by atoms with van der Waals surface area (Å²) < 4.78 is 27.2. The fraction of sp³-hybridized carbons (Fsp3) is 0.389. The third-order valence-corrected chi connectivity index (χ3v) is 7.02. The quantitative estimate of drug-likeness (QED) is 0.400. The van der Waals surface area contributed by atoms with Crippen molar-refractivity contribution in [3.05, 3.63) is 45.1 Å². The number of aliphatic imine (C=N–C) groups is 1. The summed E-state index contributed by atoms with van der Waals surface area (Å²) >= 11 is 1.47. The van der Waals surface area contributed by atoms with Gasteiger partial charge in [-0.2, -0.15) is 0 Å². The second-order valence-corrected chi connectivity index (χ2v) is 9.60. The molecule has 0 radical (unpaired) electrons. The van der Waals surface area contributed by atoms with Crippen molar-refractivity contribution in [2.24, 2.45) is 10.7 Å². The van der Waals surface area contributed by atoms with Crippen LogP contribution < -0.4 is 15.8 Å². The molecule has 0 atom stereocenters. The van der Waals surface area contributed by atoms with E-state index in [2.05, 4.69) is 27.2 Å². The summed E-state index contributed by atoms with van der Waals surface area (Å²) in [5.74, 6) is 0.282. The van der Waals surface area contributed by atoms with Crippen molar-refractivity contribution in [2.45, 2.75) is 38.0 Å². The molecule has 140 valence electrons. The van der Waals surface area contributed by atoms with E-state index in [1.807, 2.05) is 19.9 Å². The smallest absolute Gasteiger partial charge is 0.241 e. The van der Waals surface area contributed by atoms with Gasteiger partial charge in [-0.15, -0.1) is 11.3 Å². The molecule has 0 saturated heterocycles. The maximum absolute atomic E-state index is 12.3. The fourth-order valence-corrected chi connectivity index (χ4v) is 5.72. The third kappa shape index (κ3) is 4.44. The summed E-state index contributed by atoms with van der Waals surface area (Å²) in [5, 5.41) is 3.07. The minimum Gasteiger partial charge on any atom is -0.370 e. The number of nitrogens with two attached hydrogens (primary N) is 1. The van der Waals surface area contributed by atoms with Crippen molar-refractivity contribution in [1.29, 1.82) is 0 Å². The van der Waals surface area contributed by atoms with Crippen LogP contribution >= 0.6 is 11.3 Å². The van der Waals surface area contributed by atoms with Crippen molar-refractivity contribution in [1.82, 2.24) is 4.72 Å². The number of guanidine groups is 1. The monoisotopic (exact) mass is 392 g/mol. The number of hydrogen-bond donors (Lipinski definition) is 3. The lowest BCUT2D eigenvalue weighted by Crippen LogP contribution is -2.28. The Labute approximate surface area is 158 Å². The van der Waals surface area contributed by atoms with Crippen LogP contribution in [-0.4, -0.2) is 27.5 Å². The Balaban J connectivity index is 1.52. The van der Waals surface area contributed by atoms with Crippen molar-refractivity contribution < 1.29 is 8.42 Å². The predicted octanol–water partition coefficient (Wildman–Crippen LogP) is 2.56. The molecule has 0 saturated carbocycles. The van der Waals surface area contributed by atoms with Gasteiger partial charge in [0.1, 0.15) is 0 Å². The number of nitrogens with zero attached hydrogens (tertiary/aromatic N) is 1. The average molecular weight is 393 g/mol. The van der Waals surface area contributed by atoms with E-state index in [0.717, 1.165) is 28.3 Å². The molecule has 4 N–H and O–H groups in total. The van der Waals surface area contributed by atoms with Gasteiger partial charge in [-0.3, -0.25) is 4.99 Å². The molecule has 2 aromatic rings. The molecule has 1 aliphatic rings. The van der Waals surface area contributed by atoms with Crippen LogP contribution in [-0.2, 0) is 22.9 Å². The molecule has 1 aromatic heterocycles. The molecule has 0 spiro atoms. The number of benzene rings is 1. The molecule has 6 nitrogen and oxygen atoms in total. The van der Waals surface area contributed by atoms with Crippen LogP contribution in [0.5, 0.6) is 0 Å². The first kappa shape index (κ1) is 18.9. The first-order chi connectivity index (χ1) is 12.3. The van der Waals surface area contributed by atoms with Crippen molar-refractivity contribution in [3.63, 3.8) is 0 Å². The Morgan fingerprint density at radius 2 is 2.00 bits per heavy atom. The number of nitrogens with one attached hydrogen (secondary N) is 2. The maximum atomic E-state index is 12.3. The van der Waals surface area contributed by atoms with E-state index in [1.54, 1.807) is 6.07 Å². The summed E-state index contributed by atoms with van der Waals surface area (Å²) in [5.41, 5.74) is 9.58. The van der Waals surface area contributed by atoms with E-state index in [9.17, 15) is 8.42 Å². The zero-order chi connectivity index (χ0) is 18.7. The van der Waals surface area contributed by atoms with E-state index in [-0.39, 0.29) is 19.0 Å². The minimum atomic E-state index is -3.50. The number of sulfonamides is 1. The van der Waals surface area contributed by atoms with Gasteiger partial charge >= 0.3 is 0 Å². The Hall–Kier alpha value is -1.90. The Morgan fingerprint density at radius 1 is 1.23 bits per heavy atom. The van der Waals surface area contributed by atoms with Gasteiger partial charge < -0.3 is 11.1 Å². The van der Waals surface area contributed by atoms with Crippen molar-refractivity contribution >= 4 is 33.0 Å². The van der Waals surface area contributed by atoms with Crippen LogP contribution in [0, 0.1) is 13.8 Å². The number of anilines is 1. The van der Waals surface area contributed by atoms with Crippen LogP contribution in [0.15, 0.2) is 34.2 Å². The average Bonchev–Trinajstić information content (AvgIpc) is 3.17. The molecule has 1 heterocycles. The number of thiophene rings is 1. The van der Waals surface area contributed by atoms with Gasteiger partial charge in [-0.05, 0) is 62.4 Å². The zero-order valence-corrected chi connectivity index (χ0v) is 16.6. The van der Waals surface area contributed by atoms with Crippen LogP contribution in [0.4, 0.5) is 5.69 Å². The molecule has 0 unspecified atom stereocenters. The zero-order valence-electron chi connectivity index (χ0n) is 15.0. The van der Waals surface area contributed by atoms with Gasteiger partial charge in [-0.25, -0.2) is 13.1 Å². The van der Waals surface area contributed by atoms with Gasteiger partial charge in [0.05, 0.1) is 11.4 Å². The standard InChI is InChI=1S/C18H24N4O2S2/c1-12-10-17(13(2)25-12)26(23,24)21-9-8-20-18(19)22-16-7-6-14-4-3-5-15(14)11-16/h6-7,10-11,21H,3-5,8-9H2,1-2H3,(H3,19,20,22). The minimum absolute atomic E-state index is 0.198. The summed E-state index contributed by atoms with van der Waals surface area (Å²) in [7, 11) is -3.50. The van der Waals surface area contributed by atoms with Gasteiger partial charge in [0, 0.05) is 22.0 Å². The summed E-state index contributed by atoms with van der Waals surface area (Å²) in [4.78, 5) is 6.30. The predicted molar refractivity (Wildman–Crippen MR) is 108 cm³/mol. The molecular formula is C18H24N4O2S2. The molecule has 8 heteroatoms. The van der Waals surface area contributed by atoms with Gasteiger partial charge in [0.25, 0.3) is 0 Å².